The first kappa shape index (κ1) is 61.8. The van der Waals surface area contributed by atoms with Crippen molar-refractivity contribution in [1.29, 1.82) is 0 Å². The Morgan fingerprint density at radius 3 is 0.553 bits per heavy atom. The minimum atomic E-state index is -0.351. The third kappa shape index (κ3) is 20.0. The molecule has 0 N–H and O–H groups in total. The van der Waals surface area contributed by atoms with Crippen molar-refractivity contribution in [2.45, 2.75) is 0 Å². The van der Waals surface area contributed by atoms with E-state index in [4.69, 9.17) is 19.4 Å². The van der Waals surface area contributed by atoms with Gasteiger partial charge in [0.15, 0.2) is 0 Å². The summed E-state index contributed by atoms with van der Waals surface area (Å²) in [7, 11) is 12.9. The zero-order valence-corrected chi connectivity index (χ0v) is 52.3. The summed E-state index contributed by atoms with van der Waals surface area (Å²) in [6, 6.07) is 88.3. The van der Waals surface area contributed by atoms with Crippen molar-refractivity contribution in [3.8, 4) is 0 Å². The van der Waals surface area contributed by atoms with Crippen LogP contribution in [0.3, 0.4) is 0 Å². The maximum absolute atomic E-state index is 4.85. The fourth-order valence-electron chi connectivity index (χ4n) is 9.02. The van der Waals surface area contributed by atoms with Crippen LogP contribution in [0, 0.1) is 0 Å². The van der Waals surface area contributed by atoms with E-state index in [0.29, 0.717) is 0 Å². The van der Waals surface area contributed by atoms with Crippen LogP contribution in [0.15, 0.2) is 267 Å². The van der Waals surface area contributed by atoms with Gasteiger partial charge in [0, 0.05) is 51.0 Å². The Hall–Kier alpha value is -3.43. The van der Waals surface area contributed by atoms with Crippen molar-refractivity contribution in [2.75, 3.05) is 64.2 Å². The third-order valence-corrected chi connectivity index (χ3v) is 22.7. The molecule has 14 heteroatoms. The van der Waals surface area contributed by atoms with Crippen LogP contribution in [0.4, 0.5) is 0 Å². The van der Waals surface area contributed by atoms with E-state index in [-0.39, 0.29) is 59.2 Å². The first-order valence-corrected chi connectivity index (χ1v) is 37.8. The Labute approximate surface area is 494 Å². The molecular weight excluding hydrogens is 1270 g/mol. The van der Waals surface area contributed by atoms with E-state index < -0.39 is 0 Å². The molecule has 2 heterocycles. The summed E-state index contributed by atoms with van der Waals surface area (Å²) in [6.07, 6.45) is 13.8. The molecule has 0 amide bonds. The molecule has 0 unspecified atom stereocenters. The van der Waals surface area contributed by atoms with Crippen LogP contribution in [0.2, 0.25) is 0 Å². The molecule has 0 saturated carbocycles. The molecular formula is C62H64Cl4N4P4Ru2. The van der Waals surface area contributed by atoms with Crippen molar-refractivity contribution in [3.05, 3.63) is 267 Å². The monoisotopic (exact) mass is 1330 g/mol. The fourth-order valence-corrected chi connectivity index (χ4v) is 18.4. The SMILES string of the molecule is C1=CN(CCP(c2ccccc2)c2ccccc2)CN1CCP(c1ccccc1)c1ccccc1.C1=CN(CCP(c2ccccc2)c2ccccc2)CN1CCP(c1ccccc1)c1ccccc1.[Cl-].[Cl][Ru+].[Cl][Ru][Cl]. The van der Waals surface area contributed by atoms with Gasteiger partial charge < -0.3 is 32.0 Å². The average Bonchev–Trinajstić information content (AvgIpc) is 4.16. The Bertz CT molecular complexity index is 2270. The zero-order chi connectivity index (χ0) is 52.1. The molecule has 0 atom stereocenters. The second-order valence-electron chi connectivity index (χ2n) is 17.5. The van der Waals surface area contributed by atoms with E-state index in [0.717, 1.165) is 39.5 Å². The van der Waals surface area contributed by atoms with Crippen LogP contribution in [-0.2, 0) is 32.5 Å². The van der Waals surface area contributed by atoms with Gasteiger partial charge in [0.1, 0.15) is 0 Å². The zero-order valence-electron chi connectivity index (χ0n) is 42.3. The number of halogens is 4. The molecule has 0 aromatic heterocycles. The van der Waals surface area contributed by atoms with Crippen LogP contribution < -0.4 is 54.8 Å². The van der Waals surface area contributed by atoms with Crippen LogP contribution >= 0.6 is 60.8 Å². The van der Waals surface area contributed by atoms with Crippen LogP contribution in [-0.4, -0.2) is 83.8 Å². The number of hydrogen-bond acceptors (Lipinski definition) is 4. The molecule has 2 aliphatic rings. The van der Waals surface area contributed by atoms with Gasteiger partial charge in [-0.2, -0.15) is 0 Å². The van der Waals surface area contributed by atoms with Gasteiger partial charge in [0.05, 0.1) is 13.3 Å². The molecule has 8 aromatic rings. The molecule has 76 heavy (non-hydrogen) atoms. The summed E-state index contributed by atoms with van der Waals surface area (Å²) in [5, 5.41) is 11.7. The number of benzene rings is 8. The van der Waals surface area contributed by atoms with Crippen molar-refractivity contribution in [2.24, 2.45) is 0 Å². The molecule has 4 nitrogen and oxygen atoms in total. The third-order valence-electron chi connectivity index (χ3n) is 12.7. The summed E-state index contributed by atoms with van der Waals surface area (Å²) < 4.78 is 0. The molecule has 0 saturated heterocycles. The predicted octanol–water partition coefficient (Wildman–Crippen LogP) is 9.66. The van der Waals surface area contributed by atoms with Crippen molar-refractivity contribution < 1.29 is 44.9 Å². The van der Waals surface area contributed by atoms with Gasteiger partial charge in [0.25, 0.3) is 0 Å². The Kier molecular flexibility index (Phi) is 29.2. The number of hydrogen-bond donors (Lipinski definition) is 0. The van der Waals surface area contributed by atoms with E-state index in [9.17, 15) is 0 Å². The molecule has 0 fully saturated rings. The Balaban J connectivity index is 0.000000225. The minimum absolute atomic E-state index is 0. The maximum atomic E-state index is 4.85. The van der Waals surface area contributed by atoms with Gasteiger partial charge >= 0.3 is 61.5 Å². The predicted molar refractivity (Wildman–Crippen MR) is 328 cm³/mol. The van der Waals surface area contributed by atoms with Crippen LogP contribution in [0.5, 0.6) is 0 Å². The van der Waals surface area contributed by atoms with Crippen molar-refractivity contribution in [1.82, 2.24) is 19.6 Å². The Morgan fingerprint density at radius 2 is 0.421 bits per heavy atom. The molecule has 10 rings (SSSR count). The molecule has 0 bridgehead atoms. The van der Waals surface area contributed by atoms with Gasteiger partial charge in [-0.15, -0.1) is 0 Å². The van der Waals surface area contributed by atoms with Gasteiger partial charge in [-0.05, 0) is 98.8 Å². The van der Waals surface area contributed by atoms with Crippen molar-refractivity contribution >= 4 is 103 Å². The summed E-state index contributed by atoms with van der Waals surface area (Å²) in [5.74, 6) is 0. The van der Waals surface area contributed by atoms with Gasteiger partial charge in [-0.1, -0.05) is 243 Å². The van der Waals surface area contributed by atoms with Crippen LogP contribution in [0.25, 0.3) is 0 Å². The van der Waals surface area contributed by atoms with Gasteiger partial charge in [0.2, 0.25) is 0 Å². The Morgan fingerprint density at radius 1 is 0.289 bits per heavy atom. The molecule has 0 spiro atoms. The fraction of sp³-hybridized carbons (Fsp3) is 0.161. The summed E-state index contributed by atoms with van der Waals surface area (Å²) in [6.45, 7) is 6.28. The molecule has 0 aliphatic carbocycles. The molecule has 8 aromatic carbocycles. The summed E-state index contributed by atoms with van der Waals surface area (Å²) in [5.41, 5.74) is 0. The van der Waals surface area contributed by atoms with E-state index in [1.807, 2.05) is 17.3 Å². The van der Waals surface area contributed by atoms with E-state index in [1.165, 1.54) is 67.1 Å². The number of nitrogens with zero attached hydrogens (tertiary/aromatic N) is 4. The second kappa shape index (κ2) is 35.9. The van der Waals surface area contributed by atoms with E-state index in [1.54, 1.807) is 0 Å². The first-order valence-electron chi connectivity index (χ1n) is 25.0. The van der Waals surface area contributed by atoms with Gasteiger partial charge in [-0.25, -0.2) is 0 Å². The molecule has 0 radical (unpaired) electrons. The average molecular weight is 1330 g/mol. The van der Waals surface area contributed by atoms with Crippen LogP contribution in [0.1, 0.15) is 0 Å². The standard InChI is InChI=1S/2C31H32N2P2.4ClH.2Ru/c2*1-5-13-28(14-6-1)34(29-15-7-2-8-16-29)25-23-32-21-22-33(27-32)24-26-35(30-17-9-3-10-18-30)31-19-11-4-12-20-31;;;;;;/h2*1-22H,23-27H2;4*1H;;/q;;;;;;2*+2/p-4. The number of rotatable bonds is 20. The topological polar surface area (TPSA) is 13.0 Å². The first-order chi connectivity index (χ1) is 37.1. The van der Waals surface area contributed by atoms with Crippen molar-refractivity contribution in [3.63, 3.8) is 0 Å². The molecule has 396 valence electrons. The quantitative estimate of drug-likeness (QED) is 0.0557. The normalized spacial score (nSPS) is 12.5. The second-order valence-corrected chi connectivity index (χ2v) is 29.5. The van der Waals surface area contributed by atoms with E-state index in [2.05, 4.69) is 297 Å². The molecule has 2 aliphatic heterocycles. The van der Waals surface area contributed by atoms with E-state index >= 15 is 0 Å². The summed E-state index contributed by atoms with van der Waals surface area (Å²) in [4.78, 5) is 9.92. The summed E-state index contributed by atoms with van der Waals surface area (Å²) >= 11 is 1.48. The van der Waals surface area contributed by atoms with Gasteiger partial charge in [-0.3, -0.25) is 0 Å².